The Hall–Kier alpha value is -1.75. The van der Waals surface area contributed by atoms with Gasteiger partial charge in [-0.2, -0.15) is 0 Å². The highest BCUT2D eigenvalue weighted by Crippen LogP contribution is 2.20. The Morgan fingerprint density at radius 1 is 1.25 bits per heavy atom. The number of phenolic OH excluding ortho intramolecular Hbond substituents is 1. The molecule has 1 unspecified atom stereocenters. The summed E-state index contributed by atoms with van der Waals surface area (Å²) in [4.78, 5) is 16.4. The van der Waals surface area contributed by atoms with Crippen molar-refractivity contribution in [2.75, 3.05) is 38.1 Å². The van der Waals surface area contributed by atoms with Gasteiger partial charge in [-0.15, -0.1) is 0 Å². The number of nitrogens with zero attached hydrogens (tertiary/aromatic N) is 2. The molecule has 1 atom stereocenters. The molecule has 1 aromatic carbocycles. The summed E-state index contributed by atoms with van der Waals surface area (Å²) in [6, 6.07) is 7.14. The quantitative estimate of drug-likeness (QED) is 0.863. The van der Waals surface area contributed by atoms with Crippen molar-refractivity contribution in [1.29, 1.82) is 0 Å². The van der Waals surface area contributed by atoms with Crippen molar-refractivity contribution in [2.45, 2.75) is 19.4 Å². The summed E-state index contributed by atoms with van der Waals surface area (Å²) in [5.41, 5.74) is 1.09. The molecular formula is C15H23N3O2. The van der Waals surface area contributed by atoms with Crippen LogP contribution in [0.5, 0.6) is 5.75 Å². The Morgan fingerprint density at radius 2 is 1.85 bits per heavy atom. The summed E-state index contributed by atoms with van der Waals surface area (Å²) < 4.78 is 0. The van der Waals surface area contributed by atoms with Crippen molar-refractivity contribution in [2.24, 2.45) is 0 Å². The lowest BCUT2D eigenvalue weighted by molar-refractivity contribution is -0.133. The number of phenols is 1. The van der Waals surface area contributed by atoms with Crippen LogP contribution in [0.4, 0.5) is 5.69 Å². The van der Waals surface area contributed by atoms with Gasteiger partial charge in [-0.3, -0.25) is 4.79 Å². The fourth-order valence-electron chi connectivity index (χ4n) is 2.57. The van der Waals surface area contributed by atoms with Gasteiger partial charge >= 0.3 is 0 Å². The van der Waals surface area contributed by atoms with E-state index >= 15 is 0 Å². The minimum atomic E-state index is -0.0739. The standard InChI is InChI=1S/C15H23N3O2/c1-3-14(16-2)15(20)18-10-8-17(9-11-18)12-4-6-13(19)7-5-12/h4-7,14,16,19H,3,8-11H2,1-2H3. The minimum Gasteiger partial charge on any atom is -0.508 e. The summed E-state index contributed by atoms with van der Waals surface area (Å²) in [5, 5.41) is 12.4. The van der Waals surface area contributed by atoms with Crippen LogP contribution in [0.2, 0.25) is 0 Å². The van der Waals surface area contributed by atoms with Crippen LogP contribution in [0.25, 0.3) is 0 Å². The van der Waals surface area contributed by atoms with Gasteiger partial charge < -0.3 is 20.2 Å². The molecule has 110 valence electrons. The first kappa shape index (κ1) is 14.7. The second kappa shape index (κ2) is 6.61. The summed E-state index contributed by atoms with van der Waals surface area (Å²) >= 11 is 0. The minimum absolute atomic E-state index is 0.0739. The predicted octanol–water partition coefficient (Wildman–Crippen LogP) is 1.04. The van der Waals surface area contributed by atoms with E-state index in [2.05, 4.69) is 10.2 Å². The van der Waals surface area contributed by atoms with Crippen molar-refractivity contribution in [3.05, 3.63) is 24.3 Å². The number of nitrogens with one attached hydrogen (secondary N) is 1. The first-order chi connectivity index (χ1) is 9.65. The lowest BCUT2D eigenvalue weighted by Gasteiger charge is -2.37. The number of aromatic hydroxyl groups is 1. The summed E-state index contributed by atoms with van der Waals surface area (Å²) in [7, 11) is 1.83. The number of carbonyl (C=O) groups excluding carboxylic acids is 1. The molecule has 0 saturated carbocycles. The zero-order chi connectivity index (χ0) is 14.5. The molecule has 0 aliphatic carbocycles. The van der Waals surface area contributed by atoms with E-state index in [-0.39, 0.29) is 17.7 Å². The highest BCUT2D eigenvalue weighted by molar-refractivity contribution is 5.82. The zero-order valence-electron chi connectivity index (χ0n) is 12.2. The van der Waals surface area contributed by atoms with Crippen LogP contribution in [0, 0.1) is 0 Å². The number of hydrogen-bond acceptors (Lipinski definition) is 4. The molecule has 0 aromatic heterocycles. The van der Waals surface area contributed by atoms with Crippen LogP contribution in [0.3, 0.4) is 0 Å². The third-order valence-corrected chi connectivity index (χ3v) is 3.86. The van der Waals surface area contributed by atoms with Gasteiger partial charge in [0.05, 0.1) is 6.04 Å². The van der Waals surface area contributed by atoms with Crippen molar-refractivity contribution in [3.8, 4) is 5.75 Å². The third kappa shape index (κ3) is 3.22. The van der Waals surface area contributed by atoms with Gasteiger partial charge in [-0.05, 0) is 37.7 Å². The molecule has 0 radical (unpaired) electrons. The van der Waals surface area contributed by atoms with Crippen LogP contribution in [0.1, 0.15) is 13.3 Å². The number of hydrogen-bond donors (Lipinski definition) is 2. The average Bonchev–Trinajstić information content (AvgIpc) is 2.49. The highest BCUT2D eigenvalue weighted by Gasteiger charge is 2.25. The molecule has 0 bridgehead atoms. The van der Waals surface area contributed by atoms with E-state index in [4.69, 9.17) is 0 Å². The first-order valence-corrected chi connectivity index (χ1v) is 7.15. The Kier molecular flexibility index (Phi) is 4.84. The molecule has 5 nitrogen and oxygen atoms in total. The van der Waals surface area contributed by atoms with Gasteiger partial charge in [-0.1, -0.05) is 6.92 Å². The molecule has 0 spiro atoms. The van der Waals surface area contributed by atoms with E-state index in [1.807, 2.05) is 31.0 Å². The first-order valence-electron chi connectivity index (χ1n) is 7.15. The number of carbonyl (C=O) groups is 1. The van der Waals surface area contributed by atoms with E-state index in [1.54, 1.807) is 12.1 Å². The van der Waals surface area contributed by atoms with E-state index in [9.17, 15) is 9.90 Å². The van der Waals surface area contributed by atoms with Gasteiger partial charge in [0.25, 0.3) is 0 Å². The fourth-order valence-corrected chi connectivity index (χ4v) is 2.57. The molecule has 1 amide bonds. The fraction of sp³-hybridized carbons (Fsp3) is 0.533. The molecule has 20 heavy (non-hydrogen) atoms. The summed E-state index contributed by atoms with van der Waals surface area (Å²) in [5.74, 6) is 0.475. The zero-order valence-corrected chi connectivity index (χ0v) is 12.2. The van der Waals surface area contributed by atoms with Crippen LogP contribution in [-0.2, 0) is 4.79 Å². The Bertz CT molecular complexity index is 435. The van der Waals surface area contributed by atoms with Gasteiger partial charge in [0.1, 0.15) is 5.75 Å². The van der Waals surface area contributed by atoms with Gasteiger partial charge in [0.15, 0.2) is 0 Å². The Balaban J connectivity index is 1.92. The molecule has 1 aliphatic rings. The molecular weight excluding hydrogens is 254 g/mol. The van der Waals surface area contributed by atoms with Gasteiger partial charge in [0.2, 0.25) is 5.91 Å². The normalized spacial score (nSPS) is 17.1. The number of anilines is 1. The lowest BCUT2D eigenvalue weighted by Crippen LogP contribution is -2.53. The molecule has 1 aliphatic heterocycles. The highest BCUT2D eigenvalue weighted by atomic mass is 16.3. The number of rotatable bonds is 4. The van der Waals surface area contributed by atoms with Gasteiger partial charge in [-0.25, -0.2) is 0 Å². The van der Waals surface area contributed by atoms with E-state index in [1.165, 1.54) is 0 Å². The third-order valence-electron chi connectivity index (χ3n) is 3.86. The second-order valence-corrected chi connectivity index (χ2v) is 5.08. The maximum Gasteiger partial charge on any atom is 0.239 e. The molecule has 5 heteroatoms. The molecule has 1 aromatic rings. The molecule has 1 heterocycles. The molecule has 1 saturated heterocycles. The van der Waals surface area contributed by atoms with Crippen molar-refractivity contribution in [1.82, 2.24) is 10.2 Å². The predicted molar refractivity (Wildman–Crippen MR) is 80.0 cm³/mol. The molecule has 2 N–H and O–H groups in total. The second-order valence-electron chi connectivity index (χ2n) is 5.08. The van der Waals surface area contributed by atoms with Crippen LogP contribution in [-0.4, -0.2) is 55.2 Å². The number of benzene rings is 1. The maximum absolute atomic E-state index is 12.3. The largest absolute Gasteiger partial charge is 0.508 e. The van der Waals surface area contributed by atoms with Crippen LogP contribution in [0.15, 0.2) is 24.3 Å². The average molecular weight is 277 g/mol. The van der Waals surface area contributed by atoms with E-state index < -0.39 is 0 Å². The SMILES string of the molecule is CCC(NC)C(=O)N1CCN(c2ccc(O)cc2)CC1. The van der Waals surface area contributed by atoms with E-state index in [0.29, 0.717) is 0 Å². The Labute approximate surface area is 120 Å². The number of piperazine rings is 1. The monoisotopic (exact) mass is 277 g/mol. The van der Waals surface area contributed by atoms with Crippen molar-refractivity contribution >= 4 is 11.6 Å². The topological polar surface area (TPSA) is 55.8 Å². The number of amides is 1. The molecule has 1 fully saturated rings. The lowest BCUT2D eigenvalue weighted by atomic mass is 10.1. The Morgan fingerprint density at radius 3 is 2.35 bits per heavy atom. The maximum atomic E-state index is 12.3. The summed E-state index contributed by atoms with van der Waals surface area (Å²) in [6.07, 6.45) is 0.813. The smallest absolute Gasteiger partial charge is 0.239 e. The van der Waals surface area contributed by atoms with Crippen LogP contribution >= 0.6 is 0 Å². The molecule has 2 rings (SSSR count). The van der Waals surface area contributed by atoms with Crippen LogP contribution < -0.4 is 10.2 Å². The van der Waals surface area contributed by atoms with Crippen molar-refractivity contribution in [3.63, 3.8) is 0 Å². The van der Waals surface area contributed by atoms with Gasteiger partial charge in [0, 0.05) is 31.9 Å². The summed E-state index contributed by atoms with van der Waals surface area (Å²) in [6.45, 7) is 5.18. The number of likely N-dealkylation sites (N-methyl/N-ethyl adjacent to an activating group) is 1. The van der Waals surface area contributed by atoms with E-state index in [0.717, 1.165) is 38.3 Å². The van der Waals surface area contributed by atoms with Crippen molar-refractivity contribution < 1.29 is 9.90 Å².